The fraction of sp³-hybridized carbons (Fsp3) is 0.438. The van der Waals surface area contributed by atoms with Crippen LogP contribution in [0.4, 0.5) is 0 Å². The first-order valence-electron chi connectivity index (χ1n) is 7.58. The quantitative estimate of drug-likeness (QED) is 0.869. The van der Waals surface area contributed by atoms with E-state index in [1.54, 1.807) is 13.4 Å². The molecule has 1 saturated heterocycles. The van der Waals surface area contributed by atoms with Crippen molar-refractivity contribution in [1.82, 2.24) is 19.7 Å². The molecule has 1 fully saturated rings. The first kappa shape index (κ1) is 14.6. The van der Waals surface area contributed by atoms with Gasteiger partial charge in [-0.25, -0.2) is 9.67 Å². The lowest BCUT2D eigenvalue weighted by Crippen LogP contribution is -2.31. The summed E-state index contributed by atoms with van der Waals surface area (Å²) in [5, 5.41) is 4.33. The van der Waals surface area contributed by atoms with Crippen molar-refractivity contribution in [2.45, 2.75) is 32.2 Å². The number of rotatable bonds is 4. The Morgan fingerprint density at radius 1 is 1.36 bits per heavy atom. The largest absolute Gasteiger partial charge is 0.497 e. The number of carbonyl (C=O) groups is 1. The van der Waals surface area contributed by atoms with Crippen LogP contribution in [0.3, 0.4) is 0 Å². The van der Waals surface area contributed by atoms with Crippen LogP contribution in [0.25, 0.3) is 5.69 Å². The van der Waals surface area contributed by atoms with Gasteiger partial charge in [-0.05, 0) is 37.1 Å². The standard InChI is InChI=1S/C16H20N4O2/c1-3-15(21)19-10-4-5-14(19)16-17-11-18-20(16)12-6-8-13(22-2)9-7-12/h6-9,11,14H,3-5,10H2,1-2H3/t14-/m0/s1. The number of ether oxygens (including phenoxy) is 1. The van der Waals surface area contributed by atoms with Crippen molar-refractivity contribution in [3.63, 3.8) is 0 Å². The molecule has 0 unspecified atom stereocenters. The zero-order chi connectivity index (χ0) is 15.5. The van der Waals surface area contributed by atoms with Crippen LogP contribution in [0, 0.1) is 0 Å². The average molecular weight is 300 g/mol. The number of likely N-dealkylation sites (tertiary alicyclic amines) is 1. The molecule has 2 heterocycles. The predicted molar refractivity (Wildman–Crippen MR) is 81.9 cm³/mol. The van der Waals surface area contributed by atoms with Gasteiger partial charge in [0.1, 0.15) is 12.1 Å². The monoisotopic (exact) mass is 300 g/mol. The molecule has 6 heteroatoms. The highest BCUT2D eigenvalue weighted by atomic mass is 16.5. The molecule has 22 heavy (non-hydrogen) atoms. The fourth-order valence-corrected chi connectivity index (χ4v) is 2.94. The Bertz CT molecular complexity index is 650. The van der Waals surface area contributed by atoms with Crippen molar-refractivity contribution >= 4 is 5.91 Å². The number of hydrogen-bond donors (Lipinski definition) is 0. The van der Waals surface area contributed by atoms with E-state index >= 15 is 0 Å². The molecule has 3 rings (SSSR count). The van der Waals surface area contributed by atoms with E-state index in [2.05, 4.69) is 10.1 Å². The molecule has 1 atom stereocenters. The molecule has 0 spiro atoms. The first-order valence-corrected chi connectivity index (χ1v) is 7.58. The van der Waals surface area contributed by atoms with Gasteiger partial charge in [-0.15, -0.1) is 0 Å². The third-order valence-electron chi connectivity index (χ3n) is 4.06. The van der Waals surface area contributed by atoms with Crippen molar-refractivity contribution in [2.24, 2.45) is 0 Å². The molecule has 0 bridgehead atoms. The molecule has 2 aromatic rings. The summed E-state index contributed by atoms with van der Waals surface area (Å²) in [6, 6.07) is 7.68. The fourth-order valence-electron chi connectivity index (χ4n) is 2.94. The molecular formula is C16H20N4O2. The van der Waals surface area contributed by atoms with Gasteiger partial charge in [-0.3, -0.25) is 4.79 Å². The molecule has 1 amide bonds. The lowest BCUT2D eigenvalue weighted by Gasteiger charge is -2.24. The highest BCUT2D eigenvalue weighted by Crippen LogP contribution is 2.32. The molecular weight excluding hydrogens is 280 g/mol. The maximum absolute atomic E-state index is 12.1. The lowest BCUT2D eigenvalue weighted by atomic mass is 10.2. The van der Waals surface area contributed by atoms with Crippen molar-refractivity contribution in [3.05, 3.63) is 36.4 Å². The Hall–Kier alpha value is -2.37. The summed E-state index contributed by atoms with van der Waals surface area (Å²) >= 11 is 0. The van der Waals surface area contributed by atoms with Gasteiger partial charge < -0.3 is 9.64 Å². The minimum Gasteiger partial charge on any atom is -0.497 e. The van der Waals surface area contributed by atoms with Gasteiger partial charge in [0.15, 0.2) is 5.82 Å². The van der Waals surface area contributed by atoms with Crippen LogP contribution in [0.1, 0.15) is 38.1 Å². The SMILES string of the molecule is CCC(=O)N1CCC[C@H]1c1ncnn1-c1ccc(OC)cc1. The van der Waals surface area contributed by atoms with Gasteiger partial charge in [0.25, 0.3) is 0 Å². The number of aromatic nitrogens is 3. The van der Waals surface area contributed by atoms with E-state index in [1.807, 2.05) is 40.8 Å². The molecule has 1 aliphatic heterocycles. The maximum atomic E-state index is 12.1. The molecule has 6 nitrogen and oxygen atoms in total. The second-order valence-electron chi connectivity index (χ2n) is 5.33. The Morgan fingerprint density at radius 2 is 2.14 bits per heavy atom. The van der Waals surface area contributed by atoms with E-state index in [9.17, 15) is 4.79 Å². The molecule has 1 aromatic heterocycles. The zero-order valence-corrected chi connectivity index (χ0v) is 12.9. The topological polar surface area (TPSA) is 60.2 Å². The summed E-state index contributed by atoms with van der Waals surface area (Å²) in [7, 11) is 1.64. The summed E-state index contributed by atoms with van der Waals surface area (Å²) in [5.74, 6) is 1.80. The lowest BCUT2D eigenvalue weighted by molar-refractivity contribution is -0.131. The molecule has 0 N–H and O–H groups in total. The molecule has 0 radical (unpaired) electrons. The van der Waals surface area contributed by atoms with E-state index in [4.69, 9.17) is 4.74 Å². The smallest absolute Gasteiger partial charge is 0.222 e. The van der Waals surface area contributed by atoms with Crippen LogP contribution >= 0.6 is 0 Å². The maximum Gasteiger partial charge on any atom is 0.222 e. The molecule has 0 aliphatic carbocycles. The van der Waals surface area contributed by atoms with E-state index < -0.39 is 0 Å². The van der Waals surface area contributed by atoms with Crippen LogP contribution < -0.4 is 4.74 Å². The summed E-state index contributed by atoms with van der Waals surface area (Å²) in [6.07, 6.45) is 4.01. The van der Waals surface area contributed by atoms with E-state index in [0.717, 1.165) is 36.6 Å². The zero-order valence-electron chi connectivity index (χ0n) is 12.9. The molecule has 116 valence electrons. The summed E-state index contributed by atoms with van der Waals surface area (Å²) in [5.41, 5.74) is 0.920. The minimum absolute atomic E-state index is 0.0112. The summed E-state index contributed by atoms with van der Waals surface area (Å²) in [6.45, 7) is 2.69. The number of nitrogens with zero attached hydrogens (tertiary/aromatic N) is 4. The Kier molecular flexibility index (Phi) is 4.09. The van der Waals surface area contributed by atoms with Gasteiger partial charge in [-0.1, -0.05) is 6.92 Å². The van der Waals surface area contributed by atoms with Gasteiger partial charge in [0, 0.05) is 13.0 Å². The highest BCUT2D eigenvalue weighted by molar-refractivity contribution is 5.76. The number of hydrogen-bond acceptors (Lipinski definition) is 4. The number of carbonyl (C=O) groups excluding carboxylic acids is 1. The van der Waals surface area contributed by atoms with Crippen molar-refractivity contribution in [3.8, 4) is 11.4 Å². The second kappa shape index (κ2) is 6.17. The molecule has 1 aromatic carbocycles. The first-order chi connectivity index (χ1) is 10.7. The molecule has 1 aliphatic rings. The van der Waals surface area contributed by atoms with Crippen molar-refractivity contribution in [1.29, 1.82) is 0 Å². The number of methoxy groups -OCH3 is 1. The molecule has 0 saturated carbocycles. The summed E-state index contributed by atoms with van der Waals surface area (Å²) in [4.78, 5) is 18.4. The van der Waals surface area contributed by atoms with Crippen molar-refractivity contribution in [2.75, 3.05) is 13.7 Å². The second-order valence-corrected chi connectivity index (χ2v) is 5.33. The summed E-state index contributed by atoms with van der Waals surface area (Å²) < 4.78 is 6.99. The third-order valence-corrected chi connectivity index (χ3v) is 4.06. The normalized spacial score (nSPS) is 17.7. The number of benzene rings is 1. The van der Waals surface area contributed by atoms with Crippen LogP contribution in [-0.2, 0) is 4.79 Å². The highest BCUT2D eigenvalue weighted by Gasteiger charge is 2.32. The Balaban J connectivity index is 1.92. The third kappa shape index (κ3) is 2.56. The van der Waals surface area contributed by atoms with Gasteiger partial charge in [0.05, 0.1) is 18.8 Å². The number of amides is 1. The average Bonchev–Trinajstić information content (AvgIpc) is 3.22. The van der Waals surface area contributed by atoms with E-state index in [-0.39, 0.29) is 11.9 Å². The van der Waals surface area contributed by atoms with Gasteiger partial charge in [-0.2, -0.15) is 5.10 Å². The Labute approximate surface area is 129 Å². The Morgan fingerprint density at radius 3 is 2.82 bits per heavy atom. The van der Waals surface area contributed by atoms with Gasteiger partial charge in [0.2, 0.25) is 5.91 Å². The van der Waals surface area contributed by atoms with Crippen LogP contribution in [0.5, 0.6) is 5.75 Å². The minimum atomic E-state index is 0.0112. The van der Waals surface area contributed by atoms with E-state index in [1.165, 1.54) is 0 Å². The van der Waals surface area contributed by atoms with Crippen molar-refractivity contribution < 1.29 is 9.53 Å². The van der Waals surface area contributed by atoms with Crippen LogP contribution in [-0.4, -0.2) is 39.2 Å². The van der Waals surface area contributed by atoms with Crippen LogP contribution in [0.2, 0.25) is 0 Å². The predicted octanol–water partition coefficient (Wildman–Crippen LogP) is 2.35. The van der Waals surface area contributed by atoms with Gasteiger partial charge >= 0.3 is 0 Å². The van der Waals surface area contributed by atoms with Crippen LogP contribution in [0.15, 0.2) is 30.6 Å². The van der Waals surface area contributed by atoms with E-state index in [0.29, 0.717) is 6.42 Å².